The molecular weight excluding hydrogens is 516 g/mol. The first kappa shape index (κ1) is 28.1. The van der Waals surface area contributed by atoms with E-state index in [0.29, 0.717) is 31.3 Å². The lowest BCUT2D eigenvalue weighted by Crippen LogP contribution is -2.70. The minimum atomic E-state index is -1.56. The molecule has 0 aromatic rings. The van der Waals surface area contributed by atoms with Crippen LogP contribution in [-0.2, 0) is 33.3 Å². The minimum Gasteiger partial charge on any atom is -0.462 e. The van der Waals surface area contributed by atoms with Crippen LogP contribution in [0.25, 0.3) is 0 Å². The molecule has 0 amide bonds. The molecule has 6 rings (SSSR count). The van der Waals surface area contributed by atoms with E-state index in [1.807, 2.05) is 13.8 Å². The lowest BCUT2D eigenvalue weighted by Gasteiger charge is -2.63. The number of carbonyl (C=O) groups excluding carboxylic acids is 3. The number of fused-ring (bicyclic) bond motifs is 4. The van der Waals surface area contributed by atoms with E-state index in [-0.39, 0.29) is 48.3 Å². The second-order valence-corrected chi connectivity index (χ2v) is 13.6. The molecule has 2 N–H and O–H groups in total. The molecular formula is C31H42O9. The lowest BCUT2D eigenvalue weighted by molar-refractivity contribution is -0.260. The number of allylic oxidation sites excluding steroid dienone is 1. The monoisotopic (exact) mass is 558 g/mol. The third-order valence-corrected chi connectivity index (χ3v) is 12.3. The molecule has 0 unspecified atom stereocenters. The van der Waals surface area contributed by atoms with Gasteiger partial charge < -0.3 is 29.2 Å². The fourth-order valence-corrected chi connectivity index (χ4v) is 10.2. The first-order valence-electron chi connectivity index (χ1n) is 14.6. The number of hydrogen-bond acceptors (Lipinski definition) is 9. The molecule has 12 atom stereocenters. The highest BCUT2D eigenvalue weighted by Gasteiger charge is 2.78. The second kappa shape index (κ2) is 8.96. The fourth-order valence-electron chi connectivity index (χ4n) is 10.2. The molecule has 6 aliphatic rings. The van der Waals surface area contributed by atoms with Crippen molar-refractivity contribution in [2.24, 2.45) is 34.5 Å². The van der Waals surface area contributed by atoms with Gasteiger partial charge in [0, 0.05) is 43.3 Å². The summed E-state index contributed by atoms with van der Waals surface area (Å²) in [6, 6.07) is 0. The summed E-state index contributed by atoms with van der Waals surface area (Å²) >= 11 is 0. The fraction of sp³-hybridized carbons (Fsp3) is 0.774. The average Bonchev–Trinajstić information content (AvgIpc) is 3.34. The highest BCUT2D eigenvalue weighted by atomic mass is 16.7. The van der Waals surface area contributed by atoms with Crippen molar-refractivity contribution >= 4 is 17.7 Å². The summed E-state index contributed by atoms with van der Waals surface area (Å²) in [5.74, 6) is -1.82. The van der Waals surface area contributed by atoms with Crippen LogP contribution in [0.5, 0.6) is 0 Å². The summed E-state index contributed by atoms with van der Waals surface area (Å²) in [4.78, 5) is 38.7. The summed E-state index contributed by atoms with van der Waals surface area (Å²) in [5, 5.41) is 23.2. The molecule has 3 saturated carbocycles. The third kappa shape index (κ3) is 3.32. The van der Waals surface area contributed by atoms with Crippen molar-refractivity contribution in [3.63, 3.8) is 0 Å². The Bertz CT molecular complexity index is 1210. The zero-order valence-corrected chi connectivity index (χ0v) is 24.3. The van der Waals surface area contributed by atoms with Crippen molar-refractivity contribution in [2.75, 3.05) is 7.11 Å². The molecule has 0 radical (unpaired) electrons. The molecule has 9 nitrogen and oxygen atoms in total. The average molecular weight is 559 g/mol. The molecule has 0 bridgehead atoms. The highest BCUT2D eigenvalue weighted by Crippen LogP contribution is 2.73. The maximum Gasteiger partial charge on any atom is 0.334 e. The van der Waals surface area contributed by atoms with E-state index < -0.39 is 52.6 Å². The minimum absolute atomic E-state index is 0.169. The number of ether oxygens (including phenoxy) is 4. The van der Waals surface area contributed by atoms with Crippen molar-refractivity contribution in [3.05, 3.63) is 23.3 Å². The predicted molar refractivity (Wildman–Crippen MR) is 141 cm³/mol. The van der Waals surface area contributed by atoms with Crippen molar-refractivity contribution in [2.45, 2.75) is 109 Å². The number of methoxy groups -OCH3 is 1. The van der Waals surface area contributed by atoms with Gasteiger partial charge in [-0.25, -0.2) is 4.79 Å². The van der Waals surface area contributed by atoms with E-state index in [0.717, 1.165) is 5.57 Å². The quantitative estimate of drug-likeness (QED) is 0.502. The summed E-state index contributed by atoms with van der Waals surface area (Å²) in [6.07, 6.45) is 3.16. The molecule has 9 heteroatoms. The third-order valence-electron chi connectivity index (χ3n) is 12.3. The Balaban J connectivity index is 1.46. The van der Waals surface area contributed by atoms with E-state index in [1.165, 1.54) is 13.0 Å². The Morgan fingerprint density at radius 3 is 2.55 bits per heavy atom. The van der Waals surface area contributed by atoms with Crippen LogP contribution in [0.2, 0.25) is 0 Å². The van der Waals surface area contributed by atoms with Gasteiger partial charge in [-0.15, -0.1) is 0 Å². The topological polar surface area (TPSA) is 129 Å². The van der Waals surface area contributed by atoms with Gasteiger partial charge in [0.2, 0.25) is 0 Å². The maximum atomic E-state index is 13.5. The smallest absolute Gasteiger partial charge is 0.334 e. The van der Waals surface area contributed by atoms with Gasteiger partial charge in [0.25, 0.3) is 0 Å². The van der Waals surface area contributed by atoms with E-state index in [1.54, 1.807) is 27.0 Å². The van der Waals surface area contributed by atoms with Gasteiger partial charge in [0.15, 0.2) is 12.1 Å². The number of rotatable bonds is 3. The molecule has 1 saturated heterocycles. The Morgan fingerprint density at radius 2 is 1.90 bits per heavy atom. The summed E-state index contributed by atoms with van der Waals surface area (Å²) in [6.45, 7) is 8.89. The number of ketones is 1. The Kier molecular flexibility index (Phi) is 6.29. The van der Waals surface area contributed by atoms with Crippen molar-refractivity contribution < 1.29 is 43.5 Å². The Hall–Kier alpha value is -2.07. The summed E-state index contributed by atoms with van der Waals surface area (Å²) in [5.41, 5.74) is -2.66. The van der Waals surface area contributed by atoms with Crippen LogP contribution in [0.4, 0.5) is 0 Å². The van der Waals surface area contributed by atoms with Crippen LogP contribution in [0.3, 0.4) is 0 Å². The lowest BCUT2D eigenvalue weighted by atomic mass is 9.42. The molecule has 220 valence electrons. The van der Waals surface area contributed by atoms with Gasteiger partial charge in [0.05, 0.1) is 11.5 Å². The first-order chi connectivity index (χ1) is 18.8. The van der Waals surface area contributed by atoms with Crippen LogP contribution < -0.4 is 0 Å². The van der Waals surface area contributed by atoms with Gasteiger partial charge in [0.1, 0.15) is 23.4 Å². The normalized spacial score (nSPS) is 51.5. The molecule has 4 fully saturated rings. The van der Waals surface area contributed by atoms with E-state index in [9.17, 15) is 24.6 Å². The second-order valence-electron chi connectivity index (χ2n) is 13.6. The van der Waals surface area contributed by atoms with Crippen molar-refractivity contribution in [1.29, 1.82) is 0 Å². The number of carbonyl (C=O) groups is 3. The summed E-state index contributed by atoms with van der Waals surface area (Å²) < 4.78 is 24.9. The van der Waals surface area contributed by atoms with E-state index in [4.69, 9.17) is 18.9 Å². The van der Waals surface area contributed by atoms with Crippen molar-refractivity contribution in [3.8, 4) is 0 Å². The molecule has 0 aromatic carbocycles. The molecule has 1 spiro atoms. The number of hydrogen-bond donors (Lipinski definition) is 2. The summed E-state index contributed by atoms with van der Waals surface area (Å²) in [7, 11) is 1.61. The van der Waals surface area contributed by atoms with Crippen LogP contribution >= 0.6 is 0 Å². The predicted octanol–water partition coefficient (Wildman–Crippen LogP) is 3.01. The van der Waals surface area contributed by atoms with E-state index >= 15 is 0 Å². The number of aliphatic hydroxyl groups excluding tert-OH is 1. The molecule has 4 aliphatic carbocycles. The van der Waals surface area contributed by atoms with Crippen LogP contribution in [0, 0.1) is 34.5 Å². The zero-order chi connectivity index (χ0) is 29.0. The Labute approximate surface area is 235 Å². The molecule has 2 heterocycles. The van der Waals surface area contributed by atoms with Crippen LogP contribution in [0.1, 0.15) is 73.1 Å². The highest BCUT2D eigenvalue weighted by molar-refractivity contribution is 5.97. The first-order valence-corrected chi connectivity index (χ1v) is 14.6. The molecule has 0 aromatic heterocycles. The van der Waals surface area contributed by atoms with Gasteiger partial charge in [-0.1, -0.05) is 11.6 Å². The standard InChI is InChI=1S/C31H42O9/c1-15-12-24(39-26(35)16(15)2)29(5)21-14-20(38-17(3)32)25-18-13-23(34)31(36)10-7-8-22(33)28(31,4)19(18)9-11-30(21,25)27(37-6)40-29/h7-8,18-21,23-25,27,34,36H,9-14H2,1-6H3/t18-,19+,20+,21-,23-,24-,25-,27-,28+,29-,30+,31+/m1/s1. The zero-order valence-electron chi connectivity index (χ0n) is 24.3. The van der Waals surface area contributed by atoms with Gasteiger partial charge in [-0.2, -0.15) is 0 Å². The molecule has 2 aliphatic heterocycles. The van der Waals surface area contributed by atoms with Gasteiger partial charge >= 0.3 is 11.9 Å². The van der Waals surface area contributed by atoms with Crippen LogP contribution in [0.15, 0.2) is 23.3 Å². The number of esters is 2. The van der Waals surface area contributed by atoms with Crippen LogP contribution in [-0.4, -0.2) is 70.8 Å². The molecule has 40 heavy (non-hydrogen) atoms. The Morgan fingerprint density at radius 1 is 1.18 bits per heavy atom. The van der Waals surface area contributed by atoms with E-state index in [2.05, 4.69) is 0 Å². The largest absolute Gasteiger partial charge is 0.462 e. The van der Waals surface area contributed by atoms with Gasteiger partial charge in [-0.3, -0.25) is 9.59 Å². The SMILES string of the molecule is CO[C@@H]1O[C@@](C)([C@H]2CC(C)=C(C)C(=O)O2)[C@H]2C[C@H](OC(C)=O)[C@H]3[C@@H]4C[C@@H](O)[C@@]5(O)CC=CC(=O)[C@]5(C)[C@H]4CC[C@@]132. The maximum absolute atomic E-state index is 13.5. The number of cyclic esters (lactones) is 1. The van der Waals surface area contributed by atoms with Gasteiger partial charge in [-0.05, 0) is 77.7 Å². The van der Waals surface area contributed by atoms with Crippen molar-refractivity contribution in [1.82, 2.24) is 0 Å². The number of aliphatic hydroxyl groups is 2.